The van der Waals surface area contributed by atoms with Crippen LogP contribution >= 0.6 is 0 Å². The first-order valence-electron chi connectivity index (χ1n) is 11.9. The maximum atomic E-state index is 13.5. The number of hydrogen-bond acceptors (Lipinski definition) is 4. The molecule has 0 bridgehead atoms. The molecule has 0 atom stereocenters. The van der Waals surface area contributed by atoms with Gasteiger partial charge in [0.25, 0.3) is 11.5 Å². The van der Waals surface area contributed by atoms with E-state index in [-0.39, 0.29) is 41.6 Å². The van der Waals surface area contributed by atoms with Crippen molar-refractivity contribution in [3.05, 3.63) is 80.0 Å². The van der Waals surface area contributed by atoms with Crippen LogP contribution in [0.5, 0.6) is 0 Å². The van der Waals surface area contributed by atoms with Crippen LogP contribution in [0.3, 0.4) is 0 Å². The van der Waals surface area contributed by atoms with Crippen molar-refractivity contribution in [3.63, 3.8) is 0 Å². The van der Waals surface area contributed by atoms with Gasteiger partial charge in [-0.3, -0.25) is 14.2 Å². The third-order valence-electron chi connectivity index (χ3n) is 6.65. The van der Waals surface area contributed by atoms with Crippen LogP contribution in [-0.2, 0) is 6.54 Å². The lowest BCUT2D eigenvalue weighted by atomic mass is 10.1. The lowest BCUT2D eigenvalue weighted by Gasteiger charge is -2.14. The lowest BCUT2D eigenvalue weighted by Crippen LogP contribution is -2.33. The number of amides is 1. The monoisotopic (exact) mass is 459 g/mol. The highest BCUT2D eigenvalue weighted by Crippen LogP contribution is 2.20. The zero-order valence-electron chi connectivity index (χ0n) is 19.7. The van der Waals surface area contributed by atoms with Crippen LogP contribution in [0.25, 0.3) is 16.7 Å². The van der Waals surface area contributed by atoms with Gasteiger partial charge in [-0.2, -0.15) is 0 Å². The molecule has 2 heterocycles. The summed E-state index contributed by atoms with van der Waals surface area (Å²) in [5, 5.41) is 8.01. The number of fused-ring (bicyclic) bond motifs is 3. The highest BCUT2D eigenvalue weighted by molar-refractivity contribution is 5.98. The molecule has 1 N–H and O–H groups in total. The Balaban J connectivity index is 1.68. The summed E-state index contributed by atoms with van der Waals surface area (Å²) in [5.41, 5.74) is 2.33. The third-order valence-corrected chi connectivity index (χ3v) is 6.65. The summed E-state index contributed by atoms with van der Waals surface area (Å²) in [7, 11) is 0. The first kappa shape index (κ1) is 22.1. The molecule has 2 aromatic carbocycles. The molecular weight excluding hydrogens is 430 g/mol. The van der Waals surface area contributed by atoms with E-state index >= 15 is 0 Å². The quantitative estimate of drug-likeness (QED) is 0.495. The second-order valence-corrected chi connectivity index (χ2v) is 9.52. The average molecular weight is 460 g/mol. The standard InChI is InChI=1S/C26H29N5O3/c1-16(2)30-24(33)21-13-12-19(23(32)27-20-6-4-5-7-20)14-22(21)31-25(30)28-29(26(31)34)15-18-10-8-17(3)9-11-18/h8-14,16,20H,4-7,15H2,1-3H3,(H,27,32). The summed E-state index contributed by atoms with van der Waals surface area (Å²) in [6.45, 7) is 6.07. The molecule has 8 heteroatoms. The number of nitrogens with zero attached hydrogens (tertiary/aromatic N) is 4. The molecule has 8 nitrogen and oxygen atoms in total. The molecule has 1 aliphatic rings. The van der Waals surface area contributed by atoms with Crippen molar-refractivity contribution in [1.82, 2.24) is 24.1 Å². The molecule has 0 saturated heterocycles. The summed E-state index contributed by atoms with van der Waals surface area (Å²) in [6, 6.07) is 12.8. The predicted molar refractivity (Wildman–Crippen MR) is 132 cm³/mol. The van der Waals surface area contributed by atoms with Crippen molar-refractivity contribution < 1.29 is 4.79 Å². The number of nitrogens with one attached hydrogen (secondary N) is 1. The Labute approximate surface area is 196 Å². The second-order valence-electron chi connectivity index (χ2n) is 9.52. The number of aryl methyl sites for hydroxylation is 1. The summed E-state index contributed by atoms with van der Waals surface area (Å²) < 4.78 is 4.37. The predicted octanol–water partition coefficient (Wildman–Crippen LogP) is 3.42. The van der Waals surface area contributed by atoms with Crippen LogP contribution in [0.1, 0.15) is 67.1 Å². The zero-order chi connectivity index (χ0) is 24.0. The van der Waals surface area contributed by atoms with E-state index in [1.165, 1.54) is 13.6 Å². The summed E-state index contributed by atoms with van der Waals surface area (Å²) in [6.07, 6.45) is 4.20. The van der Waals surface area contributed by atoms with Crippen LogP contribution < -0.4 is 16.6 Å². The molecule has 4 aromatic rings. The van der Waals surface area contributed by atoms with Crippen molar-refractivity contribution in [2.24, 2.45) is 0 Å². The van der Waals surface area contributed by atoms with Crippen molar-refractivity contribution in [2.45, 2.75) is 65.1 Å². The van der Waals surface area contributed by atoms with Gasteiger partial charge in [-0.05, 0) is 57.4 Å². The lowest BCUT2D eigenvalue weighted by molar-refractivity contribution is 0.0938. The van der Waals surface area contributed by atoms with Crippen molar-refractivity contribution in [2.75, 3.05) is 0 Å². The largest absolute Gasteiger partial charge is 0.352 e. The van der Waals surface area contributed by atoms with E-state index in [1.807, 2.05) is 45.0 Å². The summed E-state index contributed by atoms with van der Waals surface area (Å²) in [5.74, 6) is 0.0908. The van der Waals surface area contributed by atoms with Gasteiger partial charge in [0, 0.05) is 17.6 Å². The van der Waals surface area contributed by atoms with Gasteiger partial charge in [0.15, 0.2) is 0 Å². The Kier molecular flexibility index (Phi) is 5.59. The Morgan fingerprint density at radius 1 is 1.09 bits per heavy atom. The fraction of sp³-hybridized carbons (Fsp3) is 0.385. The molecule has 0 radical (unpaired) electrons. The Morgan fingerprint density at radius 2 is 1.79 bits per heavy atom. The Bertz CT molecular complexity index is 1500. The molecule has 0 unspecified atom stereocenters. The van der Waals surface area contributed by atoms with Crippen LogP contribution in [0.15, 0.2) is 52.1 Å². The maximum absolute atomic E-state index is 13.5. The molecule has 34 heavy (non-hydrogen) atoms. The van der Waals surface area contributed by atoms with Crippen LogP contribution in [0.4, 0.5) is 0 Å². The summed E-state index contributed by atoms with van der Waals surface area (Å²) >= 11 is 0. The molecule has 2 aromatic heterocycles. The van der Waals surface area contributed by atoms with E-state index in [9.17, 15) is 14.4 Å². The SMILES string of the molecule is Cc1ccc(Cn2nc3n(C(C)C)c(=O)c4ccc(C(=O)NC5CCCC5)cc4n3c2=O)cc1. The minimum absolute atomic E-state index is 0.178. The third kappa shape index (κ3) is 3.83. The molecule has 1 amide bonds. The van der Waals surface area contributed by atoms with Crippen LogP contribution in [0.2, 0.25) is 0 Å². The average Bonchev–Trinajstić information content (AvgIpc) is 3.43. The van der Waals surface area contributed by atoms with E-state index in [4.69, 9.17) is 0 Å². The molecule has 0 spiro atoms. The van der Waals surface area contributed by atoms with E-state index in [2.05, 4.69) is 10.4 Å². The minimum atomic E-state index is -0.344. The van der Waals surface area contributed by atoms with Crippen LogP contribution in [0, 0.1) is 6.92 Å². The van der Waals surface area contributed by atoms with Gasteiger partial charge in [-0.25, -0.2) is 13.9 Å². The van der Waals surface area contributed by atoms with Gasteiger partial charge in [0.2, 0.25) is 5.78 Å². The highest BCUT2D eigenvalue weighted by Gasteiger charge is 2.22. The molecular formula is C26H29N5O3. The van der Waals surface area contributed by atoms with Gasteiger partial charge in [0.05, 0.1) is 17.4 Å². The van der Waals surface area contributed by atoms with Gasteiger partial charge >= 0.3 is 5.69 Å². The van der Waals surface area contributed by atoms with Gasteiger partial charge in [-0.1, -0.05) is 42.7 Å². The van der Waals surface area contributed by atoms with Crippen molar-refractivity contribution >= 4 is 22.6 Å². The Morgan fingerprint density at radius 3 is 2.47 bits per heavy atom. The summed E-state index contributed by atoms with van der Waals surface area (Å²) in [4.78, 5) is 39.8. The molecule has 1 aliphatic carbocycles. The van der Waals surface area contributed by atoms with E-state index in [0.717, 1.165) is 36.8 Å². The second kappa shape index (κ2) is 8.59. The molecule has 1 fully saturated rings. The maximum Gasteiger partial charge on any atom is 0.352 e. The molecule has 0 aliphatic heterocycles. The number of hydrogen-bond donors (Lipinski definition) is 1. The van der Waals surface area contributed by atoms with E-state index in [1.54, 1.807) is 18.2 Å². The number of rotatable bonds is 5. The number of aromatic nitrogens is 4. The fourth-order valence-electron chi connectivity index (χ4n) is 4.80. The topological polar surface area (TPSA) is 90.4 Å². The highest BCUT2D eigenvalue weighted by atomic mass is 16.2. The van der Waals surface area contributed by atoms with Crippen molar-refractivity contribution in [1.29, 1.82) is 0 Å². The molecule has 5 rings (SSSR count). The molecule has 1 saturated carbocycles. The van der Waals surface area contributed by atoms with E-state index < -0.39 is 0 Å². The van der Waals surface area contributed by atoms with Gasteiger partial charge < -0.3 is 5.32 Å². The smallest absolute Gasteiger partial charge is 0.349 e. The van der Waals surface area contributed by atoms with Gasteiger partial charge in [0.1, 0.15) is 0 Å². The first-order valence-corrected chi connectivity index (χ1v) is 11.9. The van der Waals surface area contributed by atoms with Crippen LogP contribution in [-0.4, -0.2) is 30.7 Å². The minimum Gasteiger partial charge on any atom is -0.349 e. The fourth-order valence-corrected chi connectivity index (χ4v) is 4.80. The van der Waals surface area contributed by atoms with Crippen molar-refractivity contribution in [3.8, 4) is 0 Å². The number of benzene rings is 2. The molecule has 176 valence electrons. The number of carbonyl (C=O) groups is 1. The van der Waals surface area contributed by atoms with E-state index in [0.29, 0.717) is 16.5 Å². The first-order chi connectivity index (χ1) is 16.3. The zero-order valence-corrected chi connectivity index (χ0v) is 19.7. The van der Waals surface area contributed by atoms with Gasteiger partial charge in [-0.15, -0.1) is 5.10 Å². The number of carbonyl (C=O) groups excluding carboxylic acids is 1. The normalized spacial score (nSPS) is 14.5. The Hall–Kier alpha value is -3.68.